The zero-order valence-electron chi connectivity index (χ0n) is 21.0. The molecule has 1 aliphatic carbocycles. The third-order valence-corrected chi connectivity index (χ3v) is 7.64. The van der Waals surface area contributed by atoms with Gasteiger partial charge in [0.25, 0.3) is 5.91 Å². The van der Waals surface area contributed by atoms with Gasteiger partial charge in [-0.2, -0.15) is 0 Å². The summed E-state index contributed by atoms with van der Waals surface area (Å²) in [5, 5.41) is 15.9. The summed E-state index contributed by atoms with van der Waals surface area (Å²) in [6.45, 7) is 9.68. The van der Waals surface area contributed by atoms with E-state index in [1.807, 2.05) is 32.0 Å². The highest BCUT2D eigenvalue weighted by molar-refractivity contribution is 6.05. The minimum atomic E-state index is -0.548. The van der Waals surface area contributed by atoms with E-state index in [1.54, 1.807) is 6.20 Å². The van der Waals surface area contributed by atoms with Crippen LogP contribution in [-0.4, -0.2) is 64.3 Å². The number of rotatable bonds is 7. The molecule has 0 bridgehead atoms. The molecule has 9 heteroatoms. The fourth-order valence-electron chi connectivity index (χ4n) is 5.06. The second kappa shape index (κ2) is 9.26. The van der Waals surface area contributed by atoms with Gasteiger partial charge in [-0.05, 0) is 69.4 Å². The molecule has 3 N–H and O–H groups in total. The van der Waals surface area contributed by atoms with Gasteiger partial charge < -0.3 is 25.5 Å². The molecule has 1 spiro atoms. The van der Waals surface area contributed by atoms with Crippen molar-refractivity contribution >= 4 is 29.2 Å². The Hall–Kier alpha value is -2.94. The molecule has 4 heterocycles. The molecule has 188 valence electrons. The van der Waals surface area contributed by atoms with Crippen LogP contribution in [0, 0.1) is 11.3 Å². The maximum absolute atomic E-state index is 13.4. The van der Waals surface area contributed by atoms with Crippen LogP contribution in [0.1, 0.15) is 63.4 Å². The second-order valence-corrected chi connectivity index (χ2v) is 11.3. The lowest BCUT2D eigenvalue weighted by Crippen LogP contribution is -2.38. The van der Waals surface area contributed by atoms with Crippen LogP contribution >= 0.6 is 0 Å². The summed E-state index contributed by atoms with van der Waals surface area (Å²) in [7, 11) is 0. The van der Waals surface area contributed by atoms with E-state index in [-0.39, 0.29) is 12.5 Å². The van der Waals surface area contributed by atoms with Crippen molar-refractivity contribution in [3.63, 3.8) is 0 Å². The maximum Gasteiger partial charge on any atom is 0.279 e. The standard InChI is InChI=1S/C26H37N7O2/c1-18-7-12-33(16-18)21-6-4-5-19(28-21)30-24(35)22-23(32-13-10-26(8-9-26)11-14-32)29-20(15-27-22)31-25(2,3)17-34/h4-6,15,18,34H,7-14,16-17H2,1-3H3,(H,29,31)(H,28,30,35)/t18-/m0/s1. The minimum Gasteiger partial charge on any atom is -0.394 e. The molecule has 2 aromatic heterocycles. The normalized spacial score (nSPS) is 21.3. The number of aliphatic hydroxyl groups excluding tert-OH is 1. The first-order valence-corrected chi connectivity index (χ1v) is 12.8. The number of amides is 1. The zero-order chi connectivity index (χ0) is 24.6. The molecule has 3 aliphatic rings. The second-order valence-electron chi connectivity index (χ2n) is 11.3. The van der Waals surface area contributed by atoms with Crippen molar-refractivity contribution in [2.75, 3.05) is 53.2 Å². The molecule has 0 aromatic carbocycles. The molecule has 3 fully saturated rings. The lowest BCUT2D eigenvalue weighted by Gasteiger charge is -2.34. The molecule has 1 saturated carbocycles. The van der Waals surface area contributed by atoms with E-state index in [2.05, 4.69) is 32.3 Å². The quantitative estimate of drug-likeness (QED) is 0.554. The van der Waals surface area contributed by atoms with E-state index in [1.165, 1.54) is 12.8 Å². The van der Waals surface area contributed by atoms with E-state index in [4.69, 9.17) is 9.97 Å². The zero-order valence-corrected chi connectivity index (χ0v) is 21.0. The lowest BCUT2D eigenvalue weighted by molar-refractivity contribution is 0.102. The van der Waals surface area contributed by atoms with Crippen LogP contribution in [0.5, 0.6) is 0 Å². The molecule has 35 heavy (non-hydrogen) atoms. The molecular formula is C26H37N7O2. The number of carbonyl (C=O) groups is 1. The Morgan fingerprint density at radius 1 is 1.11 bits per heavy atom. The summed E-state index contributed by atoms with van der Waals surface area (Å²) in [6.07, 6.45) is 7.58. The molecular weight excluding hydrogens is 442 g/mol. The lowest BCUT2D eigenvalue weighted by atomic mass is 9.93. The molecule has 2 saturated heterocycles. The van der Waals surface area contributed by atoms with Gasteiger partial charge in [-0.3, -0.25) is 4.79 Å². The van der Waals surface area contributed by atoms with Crippen molar-refractivity contribution in [3.05, 3.63) is 30.1 Å². The van der Waals surface area contributed by atoms with Gasteiger partial charge in [-0.25, -0.2) is 15.0 Å². The monoisotopic (exact) mass is 479 g/mol. The van der Waals surface area contributed by atoms with Gasteiger partial charge in [0.1, 0.15) is 17.5 Å². The maximum atomic E-state index is 13.4. The van der Waals surface area contributed by atoms with Gasteiger partial charge in [0.2, 0.25) is 0 Å². The Morgan fingerprint density at radius 3 is 2.54 bits per heavy atom. The largest absolute Gasteiger partial charge is 0.394 e. The van der Waals surface area contributed by atoms with E-state index in [0.29, 0.717) is 34.5 Å². The number of anilines is 4. The van der Waals surface area contributed by atoms with Gasteiger partial charge in [-0.15, -0.1) is 0 Å². The van der Waals surface area contributed by atoms with Crippen LogP contribution < -0.4 is 20.4 Å². The van der Waals surface area contributed by atoms with Crippen molar-refractivity contribution in [1.29, 1.82) is 0 Å². The molecule has 2 aliphatic heterocycles. The number of carbonyl (C=O) groups excluding carboxylic acids is 1. The molecule has 1 atom stereocenters. The number of nitrogens with zero attached hydrogens (tertiary/aromatic N) is 5. The van der Waals surface area contributed by atoms with E-state index in [0.717, 1.165) is 51.3 Å². The van der Waals surface area contributed by atoms with E-state index >= 15 is 0 Å². The van der Waals surface area contributed by atoms with Crippen LogP contribution in [0.15, 0.2) is 24.4 Å². The molecule has 0 unspecified atom stereocenters. The Bertz CT molecular complexity index is 1080. The van der Waals surface area contributed by atoms with Gasteiger partial charge >= 0.3 is 0 Å². The van der Waals surface area contributed by atoms with Crippen molar-refractivity contribution in [3.8, 4) is 0 Å². The average Bonchev–Trinajstić information content (AvgIpc) is 3.45. The predicted molar refractivity (Wildman–Crippen MR) is 138 cm³/mol. The summed E-state index contributed by atoms with van der Waals surface area (Å²) < 4.78 is 0. The summed E-state index contributed by atoms with van der Waals surface area (Å²) >= 11 is 0. The van der Waals surface area contributed by atoms with Crippen LogP contribution in [0.4, 0.5) is 23.3 Å². The van der Waals surface area contributed by atoms with Crippen LogP contribution in [0.25, 0.3) is 0 Å². The highest BCUT2D eigenvalue weighted by Gasteiger charge is 2.45. The van der Waals surface area contributed by atoms with Gasteiger partial charge in [0.15, 0.2) is 11.5 Å². The van der Waals surface area contributed by atoms with Crippen molar-refractivity contribution in [2.45, 2.75) is 58.4 Å². The summed E-state index contributed by atoms with van der Waals surface area (Å²) in [4.78, 5) is 31.9. The predicted octanol–water partition coefficient (Wildman–Crippen LogP) is 3.53. The Balaban J connectivity index is 1.38. The molecule has 5 rings (SSSR count). The number of hydrogen-bond donors (Lipinski definition) is 3. The van der Waals surface area contributed by atoms with E-state index < -0.39 is 5.54 Å². The highest BCUT2D eigenvalue weighted by atomic mass is 16.3. The number of hydrogen-bond acceptors (Lipinski definition) is 8. The number of nitrogens with one attached hydrogen (secondary N) is 2. The van der Waals surface area contributed by atoms with Crippen molar-refractivity contribution < 1.29 is 9.90 Å². The summed E-state index contributed by atoms with van der Waals surface area (Å²) in [6, 6.07) is 5.73. The molecule has 0 radical (unpaired) electrons. The average molecular weight is 480 g/mol. The van der Waals surface area contributed by atoms with E-state index in [9.17, 15) is 9.90 Å². The highest BCUT2D eigenvalue weighted by Crippen LogP contribution is 2.54. The fourth-order valence-corrected chi connectivity index (χ4v) is 5.06. The smallest absolute Gasteiger partial charge is 0.279 e. The SMILES string of the molecule is C[C@H]1CCN(c2cccc(NC(=O)c3ncc(NC(C)(C)CO)nc3N3CCC4(CC3)CC4)n2)C1. The third-order valence-electron chi connectivity index (χ3n) is 7.64. The van der Waals surface area contributed by atoms with Gasteiger partial charge in [0, 0.05) is 26.2 Å². The topological polar surface area (TPSA) is 107 Å². The first-order valence-electron chi connectivity index (χ1n) is 12.8. The molecule has 9 nitrogen and oxygen atoms in total. The number of piperidine rings is 1. The van der Waals surface area contributed by atoms with Crippen LogP contribution in [-0.2, 0) is 0 Å². The number of aliphatic hydroxyl groups is 1. The van der Waals surface area contributed by atoms with Gasteiger partial charge in [-0.1, -0.05) is 13.0 Å². The summed E-state index contributed by atoms with van der Waals surface area (Å²) in [5.41, 5.74) is 0.261. The minimum absolute atomic E-state index is 0.0453. The van der Waals surface area contributed by atoms with Crippen molar-refractivity contribution in [1.82, 2.24) is 15.0 Å². The first-order chi connectivity index (χ1) is 16.8. The molecule has 1 amide bonds. The fraction of sp³-hybridized carbons (Fsp3) is 0.615. The first kappa shape index (κ1) is 23.8. The Kier molecular flexibility index (Phi) is 6.29. The number of pyridine rings is 1. The third kappa shape index (κ3) is 5.34. The number of aromatic nitrogens is 3. The molecule has 2 aromatic rings. The Morgan fingerprint density at radius 2 is 1.89 bits per heavy atom. The van der Waals surface area contributed by atoms with Crippen molar-refractivity contribution in [2.24, 2.45) is 11.3 Å². The van der Waals surface area contributed by atoms with Crippen LogP contribution in [0.3, 0.4) is 0 Å². The summed E-state index contributed by atoms with van der Waals surface area (Å²) in [5.74, 6) is 2.86. The van der Waals surface area contributed by atoms with Crippen LogP contribution in [0.2, 0.25) is 0 Å². The van der Waals surface area contributed by atoms with Gasteiger partial charge in [0.05, 0.1) is 18.3 Å². The Labute approximate surface area is 207 Å².